The molecule has 4 nitrogen and oxygen atoms in total. The molecule has 3 heterocycles. The first-order valence-electron chi connectivity index (χ1n) is 8.04. The molecule has 0 spiro atoms. The summed E-state index contributed by atoms with van der Waals surface area (Å²) in [5, 5.41) is 5.09. The lowest BCUT2D eigenvalue weighted by Gasteiger charge is -2.29. The van der Waals surface area contributed by atoms with Crippen LogP contribution in [0, 0.1) is 0 Å². The fourth-order valence-electron chi connectivity index (χ4n) is 3.04. The lowest BCUT2D eigenvalue weighted by atomic mass is 10.1. The van der Waals surface area contributed by atoms with Crippen molar-refractivity contribution in [3.63, 3.8) is 0 Å². The molecule has 0 aliphatic carbocycles. The minimum absolute atomic E-state index is 0.128. The number of amides is 1. The molecule has 2 aliphatic heterocycles. The summed E-state index contributed by atoms with van der Waals surface area (Å²) in [6, 6.07) is 4.61. The van der Waals surface area contributed by atoms with E-state index >= 15 is 0 Å². The predicted octanol–water partition coefficient (Wildman–Crippen LogP) is 2.35. The molecule has 1 aromatic heterocycles. The van der Waals surface area contributed by atoms with Gasteiger partial charge >= 0.3 is 0 Å². The van der Waals surface area contributed by atoms with E-state index in [2.05, 4.69) is 16.3 Å². The minimum atomic E-state index is 0.128. The molecule has 1 N–H and O–H groups in total. The molecule has 3 rings (SSSR count). The van der Waals surface area contributed by atoms with Gasteiger partial charge in [0.15, 0.2) is 0 Å². The summed E-state index contributed by atoms with van der Waals surface area (Å²) in [5.41, 5.74) is 0. The maximum Gasteiger partial charge on any atom is 0.234 e. The molecule has 0 bridgehead atoms. The van der Waals surface area contributed by atoms with E-state index in [1.165, 1.54) is 17.1 Å². The number of nitrogens with zero attached hydrogens (tertiary/aromatic N) is 1. The van der Waals surface area contributed by atoms with Gasteiger partial charge in [0.1, 0.15) is 0 Å². The summed E-state index contributed by atoms with van der Waals surface area (Å²) in [6.07, 6.45) is 3.79. The number of ether oxygens (including phenoxy) is 1. The topological polar surface area (TPSA) is 41.6 Å². The van der Waals surface area contributed by atoms with Crippen LogP contribution in [0.3, 0.4) is 0 Å². The zero-order valence-electron chi connectivity index (χ0n) is 12.8. The molecule has 0 saturated carbocycles. The Morgan fingerprint density at radius 2 is 2.41 bits per heavy atom. The molecule has 6 heteroatoms. The number of carbonyl (C=O) groups is 1. The van der Waals surface area contributed by atoms with Crippen molar-refractivity contribution in [1.29, 1.82) is 0 Å². The zero-order valence-corrected chi connectivity index (χ0v) is 14.5. The number of hydrogen-bond acceptors (Lipinski definition) is 5. The van der Waals surface area contributed by atoms with Gasteiger partial charge in [0.25, 0.3) is 0 Å². The Labute approximate surface area is 140 Å². The number of rotatable bonds is 7. The molecule has 122 valence electrons. The van der Waals surface area contributed by atoms with Crippen LogP contribution in [0.1, 0.15) is 24.1 Å². The SMILES string of the molecule is O=C(CN(C[C@@H]1CCCO1)[C@@H]1CCSC1)NCc1cccs1. The summed E-state index contributed by atoms with van der Waals surface area (Å²) < 4.78 is 5.76. The number of carbonyl (C=O) groups excluding carboxylic acids is 1. The first kappa shape index (κ1) is 16.3. The summed E-state index contributed by atoms with van der Waals surface area (Å²) in [5.74, 6) is 2.48. The highest BCUT2D eigenvalue weighted by Gasteiger charge is 2.28. The number of nitrogens with one attached hydrogen (secondary N) is 1. The minimum Gasteiger partial charge on any atom is -0.377 e. The van der Waals surface area contributed by atoms with Crippen molar-refractivity contribution in [2.75, 3.05) is 31.2 Å². The molecule has 22 heavy (non-hydrogen) atoms. The van der Waals surface area contributed by atoms with Gasteiger partial charge in [-0.25, -0.2) is 0 Å². The Morgan fingerprint density at radius 3 is 3.09 bits per heavy atom. The predicted molar refractivity (Wildman–Crippen MR) is 92.4 cm³/mol. The van der Waals surface area contributed by atoms with Crippen molar-refractivity contribution < 1.29 is 9.53 Å². The molecule has 0 unspecified atom stereocenters. The summed E-state index contributed by atoms with van der Waals surface area (Å²) in [4.78, 5) is 15.8. The Morgan fingerprint density at radius 1 is 1.45 bits per heavy atom. The molecular formula is C16H24N2O2S2. The highest BCUT2D eigenvalue weighted by Crippen LogP contribution is 2.24. The van der Waals surface area contributed by atoms with Crippen LogP contribution in [0.15, 0.2) is 17.5 Å². The monoisotopic (exact) mass is 340 g/mol. The van der Waals surface area contributed by atoms with Crippen molar-refractivity contribution in [2.24, 2.45) is 0 Å². The van der Waals surface area contributed by atoms with E-state index in [1.54, 1.807) is 11.3 Å². The molecular weight excluding hydrogens is 316 g/mol. The van der Waals surface area contributed by atoms with Crippen LogP contribution in [0.4, 0.5) is 0 Å². The highest BCUT2D eigenvalue weighted by molar-refractivity contribution is 7.99. The average molecular weight is 341 g/mol. The zero-order chi connectivity index (χ0) is 15.2. The number of hydrogen-bond donors (Lipinski definition) is 1. The molecule has 1 amide bonds. The van der Waals surface area contributed by atoms with Crippen LogP contribution in [-0.2, 0) is 16.1 Å². The summed E-state index contributed by atoms with van der Waals surface area (Å²) >= 11 is 3.68. The maximum atomic E-state index is 12.3. The van der Waals surface area contributed by atoms with E-state index in [9.17, 15) is 4.79 Å². The van der Waals surface area contributed by atoms with E-state index in [-0.39, 0.29) is 5.91 Å². The van der Waals surface area contributed by atoms with E-state index in [0.29, 0.717) is 25.2 Å². The van der Waals surface area contributed by atoms with Gasteiger partial charge in [-0.1, -0.05) is 6.07 Å². The van der Waals surface area contributed by atoms with Crippen molar-refractivity contribution >= 4 is 29.0 Å². The Bertz CT molecular complexity index is 455. The lowest BCUT2D eigenvalue weighted by Crippen LogP contribution is -2.46. The average Bonchev–Trinajstić information content (AvgIpc) is 3.26. The smallest absolute Gasteiger partial charge is 0.234 e. The van der Waals surface area contributed by atoms with Gasteiger partial charge in [0.05, 0.1) is 19.2 Å². The van der Waals surface area contributed by atoms with Gasteiger partial charge in [-0.15, -0.1) is 11.3 Å². The Balaban J connectivity index is 1.50. The van der Waals surface area contributed by atoms with Crippen LogP contribution in [0.25, 0.3) is 0 Å². The molecule has 2 fully saturated rings. The summed E-state index contributed by atoms with van der Waals surface area (Å²) in [7, 11) is 0. The van der Waals surface area contributed by atoms with Gasteiger partial charge in [-0.2, -0.15) is 11.8 Å². The van der Waals surface area contributed by atoms with E-state index in [0.717, 1.165) is 31.7 Å². The van der Waals surface area contributed by atoms with E-state index < -0.39 is 0 Å². The fraction of sp³-hybridized carbons (Fsp3) is 0.688. The molecule has 1 aromatic rings. The molecule has 2 aliphatic rings. The normalized spacial score (nSPS) is 25.0. The van der Waals surface area contributed by atoms with Crippen LogP contribution in [0.2, 0.25) is 0 Å². The van der Waals surface area contributed by atoms with Crippen molar-refractivity contribution in [1.82, 2.24) is 10.2 Å². The van der Waals surface area contributed by atoms with Crippen molar-refractivity contribution in [3.05, 3.63) is 22.4 Å². The standard InChI is InChI=1S/C16H24N2O2S2/c19-16(17-9-15-4-2-7-22-15)11-18(13-5-8-21-12-13)10-14-3-1-6-20-14/h2,4,7,13-14H,1,3,5-6,8-12H2,(H,17,19)/t13-,14+/m1/s1. The molecule has 0 radical (unpaired) electrons. The maximum absolute atomic E-state index is 12.3. The fourth-order valence-corrected chi connectivity index (χ4v) is 4.94. The Hall–Kier alpha value is -0.560. The van der Waals surface area contributed by atoms with Crippen LogP contribution in [-0.4, -0.2) is 54.2 Å². The van der Waals surface area contributed by atoms with Crippen molar-refractivity contribution in [3.8, 4) is 0 Å². The summed E-state index contributed by atoms with van der Waals surface area (Å²) in [6.45, 7) is 2.92. The lowest BCUT2D eigenvalue weighted by molar-refractivity contribution is -0.123. The second kappa shape index (κ2) is 8.34. The first-order valence-corrected chi connectivity index (χ1v) is 10.1. The van der Waals surface area contributed by atoms with E-state index in [1.807, 2.05) is 23.2 Å². The van der Waals surface area contributed by atoms with E-state index in [4.69, 9.17) is 4.74 Å². The van der Waals surface area contributed by atoms with Gasteiger partial charge in [0, 0.05) is 29.8 Å². The third-order valence-electron chi connectivity index (χ3n) is 4.27. The second-order valence-electron chi connectivity index (χ2n) is 5.94. The number of thiophene rings is 1. The second-order valence-corrected chi connectivity index (χ2v) is 8.12. The largest absolute Gasteiger partial charge is 0.377 e. The third kappa shape index (κ3) is 4.72. The van der Waals surface area contributed by atoms with Gasteiger partial charge in [0.2, 0.25) is 5.91 Å². The van der Waals surface area contributed by atoms with Crippen LogP contribution in [0.5, 0.6) is 0 Å². The quantitative estimate of drug-likeness (QED) is 0.827. The Kier molecular flexibility index (Phi) is 6.18. The first-order chi connectivity index (χ1) is 10.8. The van der Waals surface area contributed by atoms with Crippen LogP contribution >= 0.6 is 23.1 Å². The van der Waals surface area contributed by atoms with Gasteiger partial charge in [-0.05, 0) is 36.5 Å². The molecule has 0 aromatic carbocycles. The molecule has 2 atom stereocenters. The van der Waals surface area contributed by atoms with Crippen LogP contribution < -0.4 is 5.32 Å². The van der Waals surface area contributed by atoms with Gasteiger partial charge < -0.3 is 10.1 Å². The van der Waals surface area contributed by atoms with Crippen molar-refractivity contribution in [2.45, 2.75) is 38.0 Å². The molecule has 2 saturated heterocycles. The van der Waals surface area contributed by atoms with Gasteiger partial charge in [-0.3, -0.25) is 9.69 Å². The highest BCUT2D eigenvalue weighted by atomic mass is 32.2. The third-order valence-corrected chi connectivity index (χ3v) is 6.29. The number of thioether (sulfide) groups is 1.